The van der Waals surface area contributed by atoms with Crippen LogP contribution < -0.4 is 15.4 Å². The number of para-hydroxylation sites is 2. The maximum Gasteiger partial charge on any atom is 0.266 e. The molecular weight excluding hydrogens is 292 g/mol. The molecule has 0 fully saturated rings. The molecule has 5 nitrogen and oxygen atoms in total. The molecule has 118 valence electrons. The van der Waals surface area contributed by atoms with Crippen LogP contribution in [0.5, 0.6) is 5.75 Å². The fourth-order valence-corrected chi connectivity index (χ4v) is 2.52. The molecule has 2 aromatic rings. The Kier molecular flexibility index (Phi) is 4.28. The highest BCUT2D eigenvalue weighted by atomic mass is 16.5. The van der Waals surface area contributed by atoms with Gasteiger partial charge in [0.1, 0.15) is 5.75 Å². The maximum absolute atomic E-state index is 12.2. The molecule has 0 saturated heterocycles. The number of anilines is 1. The Hall–Kier alpha value is -2.82. The molecule has 0 radical (unpaired) electrons. The maximum atomic E-state index is 12.2. The number of hydrogen-bond acceptors (Lipinski definition) is 3. The molecule has 1 heterocycles. The normalized spacial score (nSPS) is 17.4. The van der Waals surface area contributed by atoms with Gasteiger partial charge in [-0.1, -0.05) is 42.5 Å². The summed E-state index contributed by atoms with van der Waals surface area (Å²) in [5.41, 5.74) is 1.65. The summed E-state index contributed by atoms with van der Waals surface area (Å²) in [5.74, 6) is 0.0631. The molecule has 0 unspecified atom stereocenters. The predicted molar refractivity (Wildman–Crippen MR) is 87.1 cm³/mol. The monoisotopic (exact) mass is 310 g/mol. The molecular formula is C18H18N2O3. The predicted octanol–water partition coefficient (Wildman–Crippen LogP) is 2.65. The van der Waals surface area contributed by atoms with Gasteiger partial charge in [0.05, 0.1) is 18.2 Å². The van der Waals surface area contributed by atoms with E-state index in [2.05, 4.69) is 10.6 Å². The first-order valence-electron chi connectivity index (χ1n) is 7.54. The van der Waals surface area contributed by atoms with Crippen molar-refractivity contribution in [2.24, 2.45) is 0 Å². The van der Waals surface area contributed by atoms with Crippen LogP contribution in [-0.4, -0.2) is 17.9 Å². The first-order valence-corrected chi connectivity index (χ1v) is 7.54. The molecule has 0 aliphatic carbocycles. The molecule has 1 aliphatic heterocycles. The zero-order valence-corrected chi connectivity index (χ0v) is 12.8. The highest BCUT2D eigenvalue weighted by molar-refractivity contribution is 5.99. The van der Waals surface area contributed by atoms with Gasteiger partial charge in [-0.3, -0.25) is 9.59 Å². The Bertz CT molecular complexity index is 715. The lowest BCUT2D eigenvalue weighted by atomic mass is 10.1. The number of fused-ring (bicyclic) bond motifs is 1. The van der Waals surface area contributed by atoms with Gasteiger partial charge in [-0.15, -0.1) is 0 Å². The number of ether oxygens (including phenoxy) is 1. The van der Waals surface area contributed by atoms with Gasteiger partial charge in [-0.05, 0) is 24.6 Å². The van der Waals surface area contributed by atoms with Gasteiger partial charge in [0.25, 0.3) is 5.91 Å². The van der Waals surface area contributed by atoms with Crippen LogP contribution in [-0.2, 0) is 9.59 Å². The van der Waals surface area contributed by atoms with Gasteiger partial charge in [0.15, 0.2) is 6.10 Å². The summed E-state index contributed by atoms with van der Waals surface area (Å²) in [7, 11) is 0. The van der Waals surface area contributed by atoms with Crippen LogP contribution in [0.25, 0.3) is 0 Å². The van der Waals surface area contributed by atoms with Crippen molar-refractivity contribution < 1.29 is 14.3 Å². The highest BCUT2D eigenvalue weighted by Crippen LogP contribution is 2.29. The number of nitrogens with one attached hydrogen (secondary N) is 2. The van der Waals surface area contributed by atoms with E-state index in [1.807, 2.05) is 49.4 Å². The van der Waals surface area contributed by atoms with Crippen molar-refractivity contribution in [1.29, 1.82) is 0 Å². The Morgan fingerprint density at radius 3 is 2.65 bits per heavy atom. The molecule has 0 spiro atoms. The zero-order chi connectivity index (χ0) is 16.2. The van der Waals surface area contributed by atoms with E-state index in [-0.39, 0.29) is 24.3 Å². The molecule has 0 aromatic heterocycles. The third kappa shape index (κ3) is 3.51. The molecule has 0 bridgehead atoms. The summed E-state index contributed by atoms with van der Waals surface area (Å²) in [4.78, 5) is 24.2. The lowest BCUT2D eigenvalue weighted by Gasteiger charge is -2.25. The van der Waals surface area contributed by atoms with E-state index in [9.17, 15) is 9.59 Å². The van der Waals surface area contributed by atoms with Crippen molar-refractivity contribution in [2.45, 2.75) is 25.5 Å². The molecule has 3 rings (SSSR count). The fraction of sp³-hybridized carbons (Fsp3) is 0.222. The van der Waals surface area contributed by atoms with E-state index < -0.39 is 6.10 Å². The minimum absolute atomic E-state index is 0.0165. The minimum atomic E-state index is -0.812. The molecule has 2 N–H and O–H groups in total. The van der Waals surface area contributed by atoms with Gasteiger partial charge in [-0.25, -0.2) is 0 Å². The molecule has 23 heavy (non-hydrogen) atoms. The Labute approximate surface area is 134 Å². The van der Waals surface area contributed by atoms with E-state index in [1.54, 1.807) is 12.1 Å². The average Bonchev–Trinajstić information content (AvgIpc) is 2.56. The smallest absolute Gasteiger partial charge is 0.266 e. The Balaban J connectivity index is 1.61. The van der Waals surface area contributed by atoms with Gasteiger partial charge < -0.3 is 15.4 Å². The summed E-state index contributed by atoms with van der Waals surface area (Å²) in [6, 6.07) is 16.7. The fourth-order valence-electron chi connectivity index (χ4n) is 2.52. The van der Waals surface area contributed by atoms with Crippen LogP contribution in [0.2, 0.25) is 0 Å². The Morgan fingerprint density at radius 2 is 1.87 bits per heavy atom. The third-order valence-corrected chi connectivity index (χ3v) is 3.75. The molecule has 0 saturated carbocycles. The van der Waals surface area contributed by atoms with Gasteiger partial charge >= 0.3 is 0 Å². The van der Waals surface area contributed by atoms with E-state index in [0.717, 1.165) is 5.56 Å². The summed E-state index contributed by atoms with van der Waals surface area (Å²) in [6.07, 6.45) is -0.829. The number of hydrogen-bond donors (Lipinski definition) is 2. The summed E-state index contributed by atoms with van der Waals surface area (Å²) >= 11 is 0. The van der Waals surface area contributed by atoms with Crippen molar-refractivity contribution in [3.63, 3.8) is 0 Å². The topological polar surface area (TPSA) is 67.4 Å². The Morgan fingerprint density at radius 1 is 1.17 bits per heavy atom. The van der Waals surface area contributed by atoms with Crippen molar-refractivity contribution in [2.75, 3.05) is 5.32 Å². The molecule has 2 aromatic carbocycles. The number of carbonyl (C=O) groups is 2. The lowest BCUT2D eigenvalue weighted by Crippen LogP contribution is -2.41. The van der Waals surface area contributed by atoms with Gasteiger partial charge in [0, 0.05) is 0 Å². The van der Waals surface area contributed by atoms with E-state index in [1.165, 1.54) is 0 Å². The number of carbonyl (C=O) groups excluding carboxylic acids is 2. The average molecular weight is 310 g/mol. The second kappa shape index (κ2) is 6.52. The van der Waals surface area contributed by atoms with Gasteiger partial charge in [0.2, 0.25) is 5.91 Å². The second-order valence-corrected chi connectivity index (χ2v) is 5.50. The minimum Gasteiger partial charge on any atom is -0.478 e. The van der Waals surface area contributed by atoms with E-state index in [4.69, 9.17) is 4.74 Å². The van der Waals surface area contributed by atoms with Crippen molar-refractivity contribution in [3.8, 4) is 5.75 Å². The van der Waals surface area contributed by atoms with Crippen molar-refractivity contribution in [1.82, 2.24) is 5.32 Å². The second-order valence-electron chi connectivity index (χ2n) is 5.50. The summed E-state index contributed by atoms with van der Waals surface area (Å²) < 4.78 is 5.63. The number of amides is 2. The molecule has 1 aliphatic rings. The van der Waals surface area contributed by atoms with Crippen LogP contribution in [0, 0.1) is 0 Å². The molecule has 2 amide bonds. The van der Waals surface area contributed by atoms with E-state index >= 15 is 0 Å². The number of benzene rings is 2. The van der Waals surface area contributed by atoms with Gasteiger partial charge in [-0.2, -0.15) is 0 Å². The largest absolute Gasteiger partial charge is 0.478 e. The first kappa shape index (κ1) is 15.1. The van der Waals surface area contributed by atoms with Crippen LogP contribution in [0.3, 0.4) is 0 Å². The third-order valence-electron chi connectivity index (χ3n) is 3.75. The van der Waals surface area contributed by atoms with Crippen LogP contribution in [0.1, 0.15) is 24.9 Å². The number of rotatable bonds is 4. The van der Waals surface area contributed by atoms with Crippen LogP contribution in [0.4, 0.5) is 5.69 Å². The zero-order valence-electron chi connectivity index (χ0n) is 12.8. The van der Waals surface area contributed by atoms with Crippen molar-refractivity contribution >= 4 is 17.5 Å². The van der Waals surface area contributed by atoms with Crippen LogP contribution in [0.15, 0.2) is 54.6 Å². The van der Waals surface area contributed by atoms with E-state index in [0.29, 0.717) is 11.4 Å². The van der Waals surface area contributed by atoms with Crippen molar-refractivity contribution in [3.05, 3.63) is 60.2 Å². The van der Waals surface area contributed by atoms with Crippen LogP contribution >= 0.6 is 0 Å². The summed E-state index contributed by atoms with van der Waals surface area (Å²) in [5, 5.41) is 5.65. The standard InChI is InChI=1S/C18H18N2O3/c1-12(13-7-3-2-4-8-13)19-17(21)11-16-18(22)20-14-9-5-6-10-15(14)23-16/h2-10,12,16H,11H2,1H3,(H,19,21)(H,20,22)/t12-,16-/m0/s1. The highest BCUT2D eigenvalue weighted by Gasteiger charge is 2.29. The summed E-state index contributed by atoms with van der Waals surface area (Å²) in [6.45, 7) is 1.91. The molecule has 2 atom stereocenters. The SMILES string of the molecule is C[C@H](NC(=O)C[C@@H]1Oc2ccccc2NC1=O)c1ccccc1. The molecule has 5 heteroatoms. The first-order chi connectivity index (χ1) is 11.1. The quantitative estimate of drug-likeness (QED) is 0.912. The lowest BCUT2D eigenvalue weighted by molar-refractivity contribution is -0.130.